The van der Waals surface area contributed by atoms with Gasteiger partial charge in [-0.15, -0.1) is 0 Å². The molecule has 3 saturated carbocycles. The highest BCUT2D eigenvalue weighted by Gasteiger charge is 2.57. The number of carbonyl (C=O) groups is 1. The van der Waals surface area contributed by atoms with E-state index in [-0.39, 0.29) is 17.0 Å². The summed E-state index contributed by atoms with van der Waals surface area (Å²) >= 11 is 3.17. The van der Waals surface area contributed by atoms with Crippen LogP contribution in [0, 0.1) is 11.7 Å². The van der Waals surface area contributed by atoms with E-state index in [4.69, 9.17) is 0 Å². The van der Waals surface area contributed by atoms with Gasteiger partial charge in [0, 0.05) is 10.0 Å². The molecule has 84 valence electrons. The van der Waals surface area contributed by atoms with Crippen LogP contribution in [0.3, 0.4) is 0 Å². The molecule has 0 radical (unpaired) electrons. The first-order chi connectivity index (χ1) is 7.58. The van der Waals surface area contributed by atoms with E-state index >= 15 is 0 Å². The minimum absolute atomic E-state index is 0.00125. The molecule has 0 spiro atoms. The van der Waals surface area contributed by atoms with E-state index in [1.807, 2.05) is 0 Å². The van der Waals surface area contributed by atoms with E-state index in [0.717, 1.165) is 25.2 Å². The molecule has 0 unspecified atom stereocenters. The van der Waals surface area contributed by atoms with E-state index < -0.39 is 5.82 Å². The van der Waals surface area contributed by atoms with Crippen molar-refractivity contribution in [3.05, 3.63) is 34.1 Å². The Hall–Kier alpha value is -0.900. The maximum Gasteiger partial charge on any atom is 0.254 e. The average molecular weight is 284 g/mol. The first kappa shape index (κ1) is 10.3. The first-order valence-corrected chi connectivity index (χ1v) is 6.15. The molecule has 3 aliphatic rings. The summed E-state index contributed by atoms with van der Waals surface area (Å²) in [4.78, 5) is 11.8. The van der Waals surface area contributed by atoms with Crippen LogP contribution in [-0.2, 0) is 0 Å². The fourth-order valence-electron chi connectivity index (χ4n) is 2.61. The Labute approximate surface area is 101 Å². The van der Waals surface area contributed by atoms with Gasteiger partial charge in [0.2, 0.25) is 0 Å². The van der Waals surface area contributed by atoms with E-state index in [2.05, 4.69) is 21.2 Å². The Morgan fingerprint density at radius 1 is 1.44 bits per heavy atom. The van der Waals surface area contributed by atoms with Crippen LogP contribution in [0.4, 0.5) is 4.39 Å². The van der Waals surface area contributed by atoms with Gasteiger partial charge in [0.05, 0.1) is 5.56 Å². The second-order valence-corrected chi connectivity index (χ2v) is 5.75. The molecule has 0 atom stereocenters. The van der Waals surface area contributed by atoms with Crippen molar-refractivity contribution in [2.75, 3.05) is 0 Å². The van der Waals surface area contributed by atoms with Gasteiger partial charge in [-0.25, -0.2) is 4.39 Å². The number of rotatable bonds is 2. The van der Waals surface area contributed by atoms with Crippen LogP contribution in [-0.4, -0.2) is 11.4 Å². The molecule has 4 rings (SSSR count). The molecule has 0 aromatic heterocycles. The topological polar surface area (TPSA) is 29.1 Å². The number of carbonyl (C=O) groups excluding carboxylic acids is 1. The summed E-state index contributed by atoms with van der Waals surface area (Å²) < 4.78 is 14.2. The van der Waals surface area contributed by atoms with Gasteiger partial charge < -0.3 is 5.32 Å². The van der Waals surface area contributed by atoms with E-state index in [1.165, 1.54) is 12.1 Å². The molecule has 16 heavy (non-hydrogen) atoms. The third-order valence-electron chi connectivity index (χ3n) is 3.59. The Bertz CT molecular complexity index is 457. The van der Waals surface area contributed by atoms with Gasteiger partial charge in [-0.05, 0) is 43.4 Å². The number of hydrogen-bond donors (Lipinski definition) is 1. The number of hydrogen-bond acceptors (Lipinski definition) is 1. The van der Waals surface area contributed by atoms with Crippen LogP contribution in [0.15, 0.2) is 22.7 Å². The fourth-order valence-corrected chi connectivity index (χ4v) is 2.95. The standard InChI is InChI=1S/C12H11BrFNO/c13-8-1-2-9(10(14)3-8)11(16)15-12-4-7(5-12)6-12/h1-3,7H,4-6H2,(H,15,16). The van der Waals surface area contributed by atoms with Crippen molar-refractivity contribution >= 4 is 21.8 Å². The predicted octanol–water partition coefficient (Wildman–Crippen LogP) is 2.87. The molecule has 0 heterocycles. The van der Waals surface area contributed by atoms with Crippen molar-refractivity contribution < 1.29 is 9.18 Å². The van der Waals surface area contributed by atoms with Crippen LogP contribution >= 0.6 is 15.9 Å². The maximum atomic E-state index is 13.5. The molecule has 1 aromatic carbocycles. The van der Waals surface area contributed by atoms with Crippen molar-refractivity contribution in [1.82, 2.24) is 5.32 Å². The van der Waals surface area contributed by atoms with Gasteiger partial charge in [0.15, 0.2) is 0 Å². The Morgan fingerprint density at radius 3 is 2.62 bits per heavy atom. The summed E-state index contributed by atoms with van der Waals surface area (Å²) in [7, 11) is 0. The summed E-state index contributed by atoms with van der Waals surface area (Å²) in [6.45, 7) is 0. The van der Waals surface area contributed by atoms with Gasteiger partial charge in [0.1, 0.15) is 5.82 Å². The van der Waals surface area contributed by atoms with Crippen molar-refractivity contribution in [1.29, 1.82) is 0 Å². The largest absolute Gasteiger partial charge is 0.346 e. The number of amides is 1. The summed E-state index contributed by atoms with van der Waals surface area (Å²) in [5, 5.41) is 2.94. The third kappa shape index (κ3) is 1.47. The van der Waals surface area contributed by atoms with Gasteiger partial charge in [0.25, 0.3) is 5.91 Å². The molecule has 1 N–H and O–H groups in total. The van der Waals surface area contributed by atoms with E-state index in [9.17, 15) is 9.18 Å². The van der Waals surface area contributed by atoms with Gasteiger partial charge >= 0.3 is 0 Å². The molecule has 3 aliphatic carbocycles. The Balaban J connectivity index is 1.78. The van der Waals surface area contributed by atoms with Crippen molar-refractivity contribution in [2.45, 2.75) is 24.8 Å². The zero-order valence-corrected chi connectivity index (χ0v) is 10.2. The van der Waals surface area contributed by atoms with Crippen molar-refractivity contribution in [3.8, 4) is 0 Å². The number of halogens is 2. The lowest BCUT2D eigenvalue weighted by atomic mass is 9.50. The molecule has 0 saturated heterocycles. The van der Waals surface area contributed by atoms with Gasteiger partial charge in [-0.3, -0.25) is 4.79 Å². The molecule has 0 aliphatic heterocycles. The Kier molecular flexibility index (Phi) is 2.11. The van der Waals surface area contributed by atoms with E-state index in [0.29, 0.717) is 4.47 Å². The minimum atomic E-state index is -0.474. The molecule has 1 aromatic rings. The zero-order valence-electron chi connectivity index (χ0n) is 8.59. The van der Waals surface area contributed by atoms with Gasteiger partial charge in [-0.1, -0.05) is 15.9 Å². The maximum absolute atomic E-state index is 13.5. The van der Waals surface area contributed by atoms with Crippen LogP contribution in [0.2, 0.25) is 0 Å². The highest BCUT2D eigenvalue weighted by Crippen LogP contribution is 2.56. The van der Waals surface area contributed by atoms with Crippen LogP contribution in [0.25, 0.3) is 0 Å². The van der Waals surface area contributed by atoms with Crippen LogP contribution < -0.4 is 5.32 Å². The summed E-state index contributed by atoms with van der Waals surface area (Å²) in [6, 6.07) is 4.51. The monoisotopic (exact) mass is 283 g/mol. The zero-order chi connectivity index (χ0) is 11.3. The fraction of sp³-hybridized carbons (Fsp3) is 0.417. The van der Waals surface area contributed by atoms with Gasteiger partial charge in [-0.2, -0.15) is 0 Å². The number of benzene rings is 1. The summed E-state index contributed by atoms with van der Waals surface area (Å²) in [6.07, 6.45) is 3.20. The Morgan fingerprint density at radius 2 is 2.12 bits per heavy atom. The van der Waals surface area contributed by atoms with Crippen LogP contribution in [0.5, 0.6) is 0 Å². The van der Waals surface area contributed by atoms with Crippen LogP contribution in [0.1, 0.15) is 29.6 Å². The third-order valence-corrected chi connectivity index (χ3v) is 4.09. The molecule has 4 heteroatoms. The summed E-state index contributed by atoms with van der Waals surface area (Å²) in [5.41, 5.74) is 0.134. The highest BCUT2D eigenvalue weighted by molar-refractivity contribution is 9.10. The quantitative estimate of drug-likeness (QED) is 0.889. The minimum Gasteiger partial charge on any atom is -0.346 e. The predicted molar refractivity (Wildman–Crippen MR) is 61.6 cm³/mol. The molecular weight excluding hydrogens is 273 g/mol. The average Bonchev–Trinajstić information content (AvgIpc) is 2.09. The van der Waals surface area contributed by atoms with Crippen molar-refractivity contribution in [3.63, 3.8) is 0 Å². The highest BCUT2D eigenvalue weighted by atomic mass is 79.9. The second-order valence-electron chi connectivity index (χ2n) is 4.84. The van der Waals surface area contributed by atoms with E-state index in [1.54, 1.807) is 6.07 Å². The normalized spacial score (nSPS) is 30.2. The molecule has 2 bridgehead atoms. The lowest BCUT2D eigenvalue weighted by molar-refractivity contribution is -0.0439. The second kappa shape index (κ2) is 3.29. The van der Waals surface area contributed by atoms with Crippen molar-refractivity contribution in [2.24, 2.45) is 5.92 Å². The first-order valence-electron chi connectivity index (χ1n) is 5.36. The molecule has 1 amide bonds. The molecule has 2 nitrogen and oxygen atoms in total. The molecular formula is C12H11BrFNO. The number of nitrogens with one attached hydrogen (secondary N) is 1. The lowest BCUT2D eigenvalue weighted by Crippen LogP contribution is -2.68. The summed E-state index contributed by atoms with van der Waals surface area (Å²) in [5.74, 6) is 0.0386. The smallest absolute Gasteiger partial charge is 0.254 e. The lowest BCUT2D eigenvalue weighted by Gasteiger charge is -2.61. The SMILES string of the molecule is O=C(NC12CC(C1)C2)c1ccc(Br)cc1F. The molecule has 3 fully saturated rings.